The fraction of sp³-hybridized carbons (Fsp3) is 0.458. The second-order valence-corrected chi connectivity index (χ2v) is 10.1. The Morgan fingerprint density at radius 3 is 2.25 bits per heavy atom. The number of anilines is 1. The maximum Gasteiger partial charge on any atom is 0.243 e. The Morgan fingerprint density at radius 2 is 1.66 bits per heavy atom. The van der Waals surface area contributed by atoms with E-state index in [1.165, 1.54) is 4.31 Å². The summed E-state index contributed by atoms with van der Waals surface area (Å²) in [6.45, 7) is 7.83. The second kappa shape index (κ2) is 10.5. The molecule has 0 bridgehead atoms. The SMILES string of the molecule is CC[C@@H](C)c1ccccc1NC(=O)[C@H](C)N1CCN(S(=O)(=O)c2ccc(OC)cc2)CC1. The Balaban J connectivity index is 1.61. The summed E-state index contributed by atoms with van der Waals surface area (Å²) in [6, 6.07) is 14.0. The average molecular weight is 460 g/mol. The van der Waals surface area contributed by atoms with Crippen LogP contribution in [0.25, 0.3) is 0 Å². The first kappa shape index (κ1) is 24.2. The van der Waals surface area contributed by atoms with Crippen LogP contribution in [-0.2, 0) is 14.8 Å². The number of nitrogens with one attached hydrogen (secondary N) is 1. The third-order valence-corrected chi connectivity index (χ3v) is 8.17. The molecular formula is C24H33N3O4S. The molecular weight excluding hydrogens is 426 g/mol. The summed E-state index contributed by atoms with van der Waals surface area (Å²) in [5, 5.41) is 3.08. The molecule has 2 aromatic carbocycles. The standard InChI is InChI=1S/C24H33N3O4S/c1-5-18(2)22-8-6-7-9-23(22)25-24(28)19(3)26-14-16-27(17-15-26)32(29,30)21-12-10-20(31-4)11-13-21/h6-13,18-19H,5,14-17H2,1-4H3,(H,25,28)/t18-,19+/m1/s1. The van der Waals surface area contributed by atoms with Gasteiger partial charge >= 0.3 is 0 Å². The van der Waals surface area contributed by atoms with E-state index in [2.05, 4.69) is 25.2 Å². The molecule has 1 amide bonds. The summed E-state index contributed by atoms with van der Waals surface area (Å²) in [7, 11) is -2.03. The van der Waals surface area contributed by atoms with E-state index in [1.54, 1.807) is 31.4 Å². The predicted molar refractivity (Wildman–Crippen MR) is 127 cm³/mol. The molecule has 0 unspecified atom stereocenters. The van der Waals surface area contributed by atoms with Gasteiger partial charge in [0.2, 0.25) is 15.9 Å². The van der Waals surface area contributed by atoms with Crippen molar-refractivity contribution in [3.63, 3.8) is 0 Å². The maximum atomic E-state index is 13.0. The van der Waals surface area contributed by atoms with E-state index < -0.39 is 10.0 Å². The van der Waals surface area contributed by atoms with Crippen molar-refractivity contribution in [1.29, 1.82) is 0 Å². The number of methoxy groups -OCH3 is 1. The molecule has 1 N–H and O–H groups in total. The third-order valence-electron chi connectivity index (χ3n) is 6.26. The van der Waals surface area contributed by atoms with Gasteiger partial charge < -0.3 is 10.1 Å². The molecule has 1 heterocycles. The molecule has 0 radical (unpaired) electrons. The van der Waals surface area contributed by atoms with Crippen LogP contribution >= 0.6 is 0 Å². The lowest BCUT2D eigenvalue weighted by Gasteiger charge is -2.36. The van der Waals surface area contributed by atoms with Crippen LogP contribution in [0.2, 0.25) is 0 Å². The van der Waals surface area contributed by atoms with E-state index >= 15 is 0 Å². The Hall–Kier alpha value is -2.42. The highest BCUT2D eigenvalue weighted by Crippen LogP contribution is 2.27. The minimum Gasteiger partial charge on any atom is -0.497 e. The van der Waals surface area contributed by atoms with Crippen molar-refractivity contribution < 1.29 is 17.9 Å². The molecule has 32 heavy (non-hydrogen) atoms. The van der Waals surface area contributed by atoms with Crippen LogP contribution in [0.4, 0.5) is 5.69 Å². The summed E-state index contributed by atoms with van der Waals surface area (Å²) in [4.78, 5) is 15.2. The lowest BCUT2D eigenvalue weighted by molar-refractivity contribution is -0.121. The fourth-order valence-electron chi connectivity index (χ4n) is 3.89. The highest BCUT2D eigenvalue weighted by Gasteiger charge is 2.32. The van der Waals surface area contributed by atoms with E-state index in [1.807, 2.05) is 30.0 Å². The smallest absolute Gasteiger partial charge is 0.243 e. The van der Waals surface area contributed by atoms with Crippen molar-refractivity contribution in [3.05, 3.63) is 54.1 Å². The molecule has 7 nitrogen and oxygen atoms in total. The van der Waals surface area contributed by atoms with Gasteiger partial charge in [-0.2, -0.15) is 4.31 Å². The molecule has 2 aromatic rings. The Labute approximate surface area is 191 Å². The molecule has 8 heteroatoms. The number of sulfonamides is 1. The van der Waals surface area contributed by atoms with Crippen molar-refractivity contribution in [2.75, 3.05) is 38.6 Å². The molecule has 0 aromatic heterocycles. The number of amides is 1. The molecule has 174 valence electrons. The van der Waals surface area contributed by atoms with Gasteiger partial charge in [0.1, 0.15) is 5.75 Å². The highest BCUT2D eigenvalue weighted by atomic mass is 32.2. The summed E-state index contributed by atoms with van der Waals surface area (Å²) >= 11 is 0. The van der Waals surface area contributed by atoms with Gasteiger partial charge in [0.05, 0.1) is 18.0 Å². The molecule has 2 atom stereocenters. The van der Waals surface area contributed by atoms with Crippen LogP contribution in [0.5, 0.6) is 5.75 Å². The van der Waals surface area contributed by atoms with Gasteiger partial charge in [0.25, 0.3) is 0 Å². The number of hydrogen-bond acceptors (Lipinski definition) is 5. The van der Waals surface area contributed by atoms with Crippen LogP contribution in [-0.4, -0.2) is 62.9 Å². The second-order valence-electron chi connectivity index (χ2n) is 8.18. The van der Waals surface area contributed by atoms with E-state index in [0.717, 1.165) is 17.7 Å². The fourth-order valence-corrected chi connectivity index (χ4v) is 5.31. The van der Waals surface area contributed by atoms with Crippen molar-refractivity contribution in [3.8, 4) is 5.75 Å². The van der Waals surface area contributed by atoms with Crippen LogP contribution in [0.15, 0.2) is 53.4 Å². The lowest BCUT2D eigenvalue weighted by Crippen LogP contribution is -2.53. The molecule has 1 saturated heterocycles. The predicted octanol–water partition coefficient (Wildman–Crippen LogP) is 3.54. The number of benzene rings is 2. The van der Waals surface area contributed by atoms with Crippen molar-refractivity contribution in [2.45, 2.75) is 44.0 Å². The molecule has 1 aliphatic rings. The number of piperazine rings is 1. The lowest BCUT2D eigenvalue weighted by atomic mass is 9.97. The average Bonchev–Trinajstić information content (AvgIpc) is 2.83. The van der Waals surface area contributed by atoms with Gasteiger partial charge in [-0.25, -0.2) is 8.42 Å². The number of ether oxygens (including phenoxy) is 1. The third kappa shape index (κ3) is 5.31. The van der Waals surface area contributed by atoms with E-state index in [4.69, 9.17) is 4.74 Å². The number of hydrogen-bond donors (Lipinski definition) is 1. The quantitative estimate of drug-likeness (QED) is 0.653. The van der Waals surface area contributed by atoms with E-state index in [0.29, 0.717) is 37.8 Å². The zero-order valence-electron chi connectivity index (χ0n) is 19.2. The van der Waals surface area contributed by atoms with Crippen LogP contribution in [0, 0.1) is 0 Å². The van der Waals surface area contributed by atoms with Crippen molar-refractivity contribution in [1.82, 2.24) is 9.21 Å². The molecule has 1 fully saturated rings. The van der Waals surface area contributed by atoms with Gasteiger partial charge in [-0.05, 0) is 55.2 Å². The van der Waals surface area contributed by atoms with Crippen molar-refractivity contribution >= 4 is 21.6 Å². The van der Waals surface area contributed by atoms with E-state index in [-0.39, 0.29) is 16.8 Å². The summed E-state index contributed by atoms with van der Waals surface area (Å²) in [5.41, 5.74) is 1.98. The highest BCUT2D eigenvalue weighted by molar-refractivity contribution is 7.89. The Morgan fingerprint density at radius 1 is 1.03 bits per heavy atom. The Bertz CT molecular complexity index is 1020. The molecule has 3 rings (SSSR count). The van der Waals surface area contributed by atoms with Gasteiger partial charge in [0.15, 0.2) is 0 Å². The van der Waals surface area contributed by atoms with Crippen LogP contribution in [0.1, 0.15) is 38.7 Å². The zero-order valence-corrected chi connectivity index (χ0v) is 20.1. The maximum absolute atomic E-state index is 13.0. The monoisotopic (exact) mass is 459 g/mol. The number of rotatable bonds is 8. The molecule has 0 spiro atoms. The largest absolute Gasteiger partial charge is 0.497 e. The van der Waals surface area contributed by atoms with Crippen LogP contribution in [0.3, 0.4) is 0 Å². The van der Waals surface area contributed by atoms with Gasteiger partial charge in [-0.15, -0.1) is 0 Å². The number of nitrogens with zero attached hydrogens (tertiary/aromatic N) is 2. The van der Waals surface area contributed by atoms with Gasteiger partial charge in [-0.3, -0.25) is 9.69 Å². The minimum absolute atomic E-state index is 0.0767. The molecule has 0 saturated carbocycles. The zero-order chi connectivity index (χ0) is 23.3. The number of para-hydroxylation sites is 1. The summed E-state index contributed by atoms with van der Waals surface area (Å²) in [6.07, 6.45) is 0.993. The summed E-state index contributed by atoms with van der Waals surface area (Å²) in [5.74, 6) is 0.893. The first-order chi connectivity index (χ1) is 15.3. The van der Waals surface area contributed by atoms with E-state index in [9.17, 15) is 13.2 Å². The Kier molecular flexibility index (Phi) is 7.92. The molecule has 1 aliphatic heterocycles. The van der Waals surface area contributed by atoms with Gasteiger partial charge in [-0.1, -0.05) is 32.0 Å². The number of carbonyl (C=O) groups excluding carboxylic acids is 1. The first-order valence-corrected chi connectivity index (χ1v) is 12.5. The van der Waals surface area contributed by atoms with Gasteiger partial charge in [0, 0.05) is 31.9 Å². The summed E-state index contributed by atoms with van der Waals surface area (Å²) < 4.78 is 32.5. The van der Waals surface area contributed by atoms with Crippen LogP contribution < -0.4 is 10.1 Å². The normalized spacial score (nSPS) is 17.5. The first-order valence-electron chi connectivity index (χ1n) is 11.1. The number of carbonyl (C=O) groups is 1. The topological polar surface area (TPSA) is 79.0 Å². The van der Waals surface area contributed by atoms with Crippen molar-refractivity contribution in [2.24, 2.45) is 0 Å². The minimum atomic E-state index is -3.57. The molecule has 0 aliphatic carbocycles.